The molecule has 0 aromatic heterocycles. The molecule has 0 saturated heterocycles. The molecule has 1 rings (SSSR count). The van der Waals surface area contributed by atoms with Gasteiger partial charge in [0.05, 0.1) is 12.4 Å². The highest BCUT2D eigenvalue weighted by atomic mass is 32.2. The number of amides is 1. The number of carbonyl (C=O) groups excluding carboxylic acids is 1. The molecule has 0 bridgehead atoms. The summed E-state index contributed by atoms with van der Waals surface area (Å²) in [7, 11) is 1.63. The first-order valence-electron chi connectivity index (χ1n) is 6.04. The number of thioether (sulfide) groups is 1. The third-order valence-electron chi connectivity index (χ3n) is 2.58. The first-order valence-corrected chi connectivity index (χ1v) is 7.19. The van der Waals surface area contributed by atoms with Gasteiger partial charge in [0, 0.05) is 18.9 Å². The van der Waals surface area contributed by atoms with Crippen molar-refractivity contribution in [2.45, 2.75) is 25.6 Å². The van der Waals surface area contributed by atoms with Crippen LogP contribution in [0.25, 0.3) is 0 Å². The topological polar surface area (TPSA) is 38.3 Å². The molecule has 0 aliphatic heterocycles. The van der Waals surface area contributed by atoms with Gasteiger partial charge in [0.25, 0.3) is 0 Å². The molecule has 1 N–H and O–H groups in total. The fourth-order valence-electron chi connectivity index (χ4n) is 1.63. The van der Waals surface area contributed by atoms with E-state index in [2.05, 4.69) is 24.4 Å². The molecular weight excluding hydrogens is 246 g/mol. The minimum atomic E-state index is 0.0677. The van der Waals surface area contributed by atoms with Gasteiger partial charge in [-0.3, -0.25) is 4.79 Å². The molecule has 1 atom stereocenters. The fourth-order valence-corrected chi connectivity index (χ4v) is 2.55. The monoisotopic (exact) mass is 267 g/mol. The Labute approximate surface area is 113 Å². The normalized spacial score (nSPS) is 12.2. The van der Waals surface area contributed by atoms with Crippen LogP contribution >= 0.6 is 11.8 Å². The van der Waals surface area contributed by atoms with Crippen molar-refractivity contribution in [2.24, 2.45) is 0 Å². The summed E-state index contributed by atoms with van der Waals surface area (Å²) in [4.78, 5) is 11.6. The molecule has 4 heteroatoms. The number of nitrogens with one attached hydrogen (secondary N) is 1. The zero-order valence-corrected chi connectivity index (χ0v) is 12.0. The Balaban J connectivity index is 2.25. The number of carbonyl (C=O) groups is 1. The van der Waals surface area contributed by atoms with Crippen LogP contribution in [0.4, 0.5) is 0 Å². The minimum Gasteiger partial charge on any atom is -0.383 e. The molecule has 0 aliphatic carbocycles. The molecule has 0 unspecified atom stereocenters. The Hall–Kier alpha value is -1.00. The number of ether oxygens (including phenoxy) is 1. The smallest absolute Gasteiger partial charge is 0.230 e. The maximum Gasteiger partial charge on any atom is 0.230 e. The van der Waals surface area contributed by atoms with Crippen LogP contribution < -0.4 is 5.32 Å². The number of hydrogen-bond acceptors (Lipinski definition) is 3. The van der Waals surface area contributed by atoms with Gasteiger partial charge in [-0.05, 0) is 25.0 Å². The van der Waals surface area contributed by atoms with E-state index in [0.29, 0.717) is 12.4 Å². The van der Waals surface area contributed by atoms with Crippen molar-refractivity contribution in [3.05, 3.63) is 35.4 Å². The molecular formula is C14H21NO2S. The van der Waals surface area contributed by atoms with Crippen molar-refractivity contribution in [3.8, 4) is 0 Å². The molecule has 0 radical (unpaired) electrons. The van der Waals surface area contributed by atoms with E-state index in [1.54, 1.807) is 18.9 Å². The van der Waals surface area contributed by atoms with Crippen molar-refractivity contribution in [1.82, 2.24) is 5.32 Å². The Morgan fingerprint density at radius 3 is 2.83 bits per heavy atom. The van der Waals surface area contributed by atoms with E-state index in [0.717, 1.165) is 5.75 Å². The molecule has 1 aromatic rings. The van der Waals surface area contributed by atoms with Crippen LogP contribution in [0, 0.1) is 6.92 Å². The van der Waals surface area contributed by atoms with Gasteiger partial charge in [-0.25, -0.2) is 0 Å². The summed E-state index contributed by atoms with van der Waals surface area (Å²) < 4.78 is 4.97. The summed E-state index contributed by atoms with van der Waals surface area (Å²) in [6.45, 7) is 4.58. The van der Waals surface area contributed by atoms with Crippen LogP contribution in [0.1, 0.15) is 18.1 Å². The van der Waals surface area contributed by atoms with Crippen LogP contribution in [0.15, 0.2) is 24.3 Å². The lowest BCUT2D eigenvalue weighted by Crippen LogP contribution is -2.36. The number of aryl methyl sites for hydroxylation is 1. The summed E-state index contributed by atoms with van der Waals surface area (Å²) in [5, 5.41) is 2.90. The van der Waals surface area contributed by atoms with Gasteiger partial charge >= 0.3 is 0 Å². The summed E-state index contributed by atoms with van der Waals surface area (Å²) in [6.07, 6.45) is 0. The van der Waals surface area contributed by atoms with Gasteiger partial charge in [0.2, 0.25) is 5.91 Å². The minimum absolute atomic E-state index is 0.0677. The molecule has 0 heterocycles. The molecule has 100 valence electrons. The molecule has 0 spiro atoms. The second-order valence-electron chi connectivity index (χ2n) is 4.34. The van der Waals surface area contributed by atoms with Crippen molar-refractivity contribution >= 4 is 17.7 Å². The lowest BCUT2D eigenvalue weighted by Gasteiger charge is -2.12. The van der Waals surface area contributed by atoms with Gasteiger partial charge in [0.1, 0.15) is 0 Å². The Bertz CT molecular complexity index is 382. The van der Waals surface area contributed by atoms with Gasteiger partial charge in [-0.2, -0.15) is 0 Å². The number of hydrogen-bond donors (Lipinski definition) is 1. The highest BCUT2D eigenvalue weighted by molar-refractivity contribution is 7.99. The standard InChI is InChI=1S/C14H21NO2S/c1-11-6-4-5-7-13(11)9-18-10-14(16)15-12(2)8-17-3/h4-7,12H,8-10H2,1-3H3,(H,15,16)/t12-/m1/s1. The molecule has 18 heavy (non-hydrogen) atoms. The van der Waals surface area contributed by atoms with E-state index < -0.39 is 0 Å². The lowest BCUT2D eigenvalue weighted by molar-refractivity contribution is -0.119. The third kappa shape index (κ3) is 5.56. The zero-order chi connectivity index (χ0) is 13.4. The Morgan fingerprint density at radius 1 is 1.44 bits per heavy atom. The molecule has 1 amide bonds. The van der Waals surface area contributed by atoms with Crippen molar-refractivity contribution in [2.75, 3.05) is 19.5 Å². The second-order valence-corrected chi connectivity index (χ2v) is 5.33. The fraction of sp³-hybridized carbons (Fsp3) is 0.500. The average Bonchev–Trinajstić information content (AvgIpc) is 2.31. The number of benzene rings is 1. The zero-order valence-electron chi connectivity index (χ0n) is 11.2. The SMILES string of the molecule is COC[C@@H](C)NC(=O)CSCc1ccccc1C. The van der Waals surface area contributed by atoms with Crippen LogP contribution in [-0.4, -0.2) is 31.4 Å². The van der Waals surface area contributed by atoms with Crippen LogP contribution in [0.3, 0.4) is 0 Å². The van der Waals surface area contributed by atoms with Crippen LogP contribution in [0.5, 0.6) is 0 Å². The van der Waals surface area contributed by atoms with Crippen molar-refractivity contribution < 1.29 is 9.53 Å². The third-order valence-corrected chi connectivity index (χ3v) is 3.56. The highest BCUT2D eigenvalue weighted by Gasteiger charge is 2.07. The van der Waals surface area contributed by atoms with Crippen LogP contribution in [0.2, 0.25) is 0 Å². The second kappa shape index (κ2) is 8.16. The average molecular weight is 267 g/mol. The summed E-state index contributed by atoms with van der Waals surface area (Å²) in [5.41, 5.74) is 2.57. The van der Waals surface area contributed by atoms with Gasteiger partial charge < -0.3 is 10.1 Å². The van der Waals surface area contributed by atoms with Gasteiger partial charge in [0.15, 0.2) is 0 Å². The quantitative estimate of drug-likeness (QED) is 0.824. The van der Waals surface area contributed by atoms with Crippen molar-refractivity contribution in [3.63, 3.8) is 0 Å². The summed E-state index contributed by atoms with van der Waals surface area (Å²) in [6, 6.07) is 8.33. The van der Waals surface area contributed by atoms with E-state index >= 15 is 0 Å². The predicted molar refractivity (Wildman–Crippen MR) is 76.8 cm³/mol. The van der Waals surface area contributed by atoms with Crippen LogP contribution in [-0.2, 0) is 15.3 Å². The summed E-state index contributed by atoms with van der Waals surface area (Å²) >= 11 is 1.64. The molecule has 0 fully saturated rings. The maximum atomic E-state index is 11.6. The Morgan fingerprint density at radius 2 is 2.17 bits per heavy atom. The van der Waals surface area contributed by atoms with E-state index in [1.807, 2.05) is 19.1 Å². The lowest BCUT2D eigenvalue weighted by atomic mass is 10.1. The van der Waals surface area contributed by atoms with E-state index in [1.165, 1.54) is 11.1 Å². The molecule has 1 aromatic carbocycles. The van der Waals surface area contributed by atoms with Gasteiger partial charge in [-0.1, -0.05) is 24.3 Å². The van der Waals surface area contributed by atoms with Crippen molar-refractivity contribution in [1.29, 1.82) is 0 Å². The first kappa shape index (κ1) is 15.1. The van der Waals surface area contributed by atoms with E-state index in [4.69, 9.17) is 4.74 Å². The summed E-state index contributed by atoms with van der Waals surface area (Å²) in [5.74, 6) is 1.43. The molecule has 0 aliphatic rings. The van der Waals surface area contributed by atoms with Gasteiger partial charge in [-0.15, -0.1) is 11.8 Å². The van der Waals surface area contributed by atoms with E-state index in [-0.39, 0.29) is 11.9 Å². The number of methoxy groups -OCH3 is 1. The van der Waals surface area contributed by atoms with E-state index in [9.17, 15) is 4.79 Å². The predicted octanol–water partition coefficient (Wildman–Crippen LogP) is 2.38. The number of rotatable bonds is 7. The maximum absolute atomic E-state index is 11.6. The largest absolute Gasteiger partial charge is 0.383 e. The first-order chi connectivity index (χ1) is 8.63. The Kier molecular flexibility index (Phi) is 6.83. The molecule has 3 nitrogen and oxygen atoms in total. The molecule has 0 saturated carbocycles. The highest BCUT2D eigenvalue weighted by Crippen LogP contribution is 2.15.